The average Bonchev–Trinajstić information content (AvgIpc) is 2.75. The number of rotatable bonds is 8. The fourth-order valence-electron chi connectivity index (χ4n) is 3.50. The van der Waals surface area contributed by atoms with Gasteiger partial charge in [0.05, 0.1) is 14.2 Å². The Bertz CT molecular complexity index is 775. The smallest absolute Gasteiger partial charge is 0.407 e. The van der Waals surface area contributed by atoms with Gasteiger partial charge in [-0.2, -0.15) is 0 Å². The molecule has 1 heterocycles. The largest absolute Gasteiger partial charge is 0.496 e. The molecule has 1 aliphatic heterocycles. The Morgan fingerprint density at radius 2 is 1.62 bits per heavy atom. The molecule has 1 fully saturated rings. The first-order valence-corrected chi connectivity index (χ1v) is 10.9. The highest BCUT2D eigenvalue weighted by Crippen LogP contribution is 2.30. The molecule has 2 rings (SSSR count). The summed E-state index contributed by atoms with van der Waals surface area (Å²) in [7, 11) is 3.06. The summed E-state index contributed by atoms with van der Waals surface area (Å²) in [6.45, 7) is 7.31. The lowest BCUT2D eigenvalue weighted by Gasteiger charge is -2.32. The number of benzene rings is 1. The van der Waals surface area contributed by atoms with Gasteiger partial charge in [0.1, 0.15) is 22.7 Å². The van der Waals surface area contributed by atoms with Gasteiger partial charge in [-0.15, -0.1) is 0 Å². The Hall–Kier alpha value is -2.97. The third kappa shape index (κ3) is 7.62. The molecule has 178 valence electrons. The monoisotopic (exact) mass is 449 g/mol. The second kappa shape index (κ2) is 11.6. The molecule has 0 unspecified atom stereocenters. The zero-order chi connectivity index (χ0) is 23.7. The van der Waals surface area contributed by atoms with Gasteiger partial charge < -0.3 is 29.7 Å². The number of likely N-dealkylation sites (tertiary alicyclic amines) is 1. The van der Waals surface area contributed by atoms with Crippen LogP contribution in [0.2, 0.25) is 0 Å². The number of methoxy groups -OCH3 is 2. The third-order valence-corrected chi connectivity index (χ3v) is 5.15. The van der Waals surface area contributed by atoms with Gasteiger partial charge >= 0.3 is 6.09 Å². The SMILES string of the molecule is COc1cccc(OC)c1C(=O)N1CCC(CNC(=O)CCNC(=O)OC(C)(C)C)CC1. The van der Waals surface area contributed by atoms with Crippen molar-refractivity contribution in [1.29, 1.82) is 0 Å². The van der Waals surface area contributed by atoms with Crippen LogP contribution in [0.4, 0.5) is 4.79 Å². The number of hydrogen-bond donors (Lipinski definition) is 2. The summed E-state index contributed by atoms with van der Waals surface area (Å²) < 4.78 is 15.8. The van der Waals surface area contributed by atoms with Crippen LogP contribution in [0.3, 0.4) is 0 Å². The van der Waals surface area contributed by atoms with E-state index in [0.717, 1.165) is 12.8 Å². The van der Waals surface area contributed by atoms with Crippen molar-refractivity contribution in [1.82, 2.24) is 15.5 Å². The van der Waals surface area contributed by atoms with E-state index in [1.165, 1.54) is 14.2 Å². The standard InChI is InChI=1S/C23H35N3O6/c1-23(2,3)32-22(29)24-12-9-19(27)25-15-16-10-13-26(14-11-16)21(28)20-17(30-4)7-6-8-18(20)31-5/h6-8,16H,9-15H2,1-5H3,(H,24,29)(H,25,27). The molecule has 32 heavy (non-hydrogen) atoms. The van der Waals surface area contributed by atoms with E-state index in [9.17, 15) is 14.4 Å². The molecule has 0 spiro atoms. The minimum atomic E-state index is -0.570. The number of alkyl carbamates (subject to hydrolysis) is 1. The van der Waals surface area contributed by atoms with Gasteiger partial charge in [-0.25, -0.2) is 4.79 Å². The van der Waals surface area contributed by atoms with Gasteiger partial charge in [0, 0.05) is 32.6 Å². The third-order valence-electron chi connectivity index (χ3n) is 5.15. The maximum absolute atomic E-state index is 13.0. The molecule has 0 aromatic heterocycles. The lowest BCUT2D eigenvalue weighted by molar-refractivity contribution is -0.121. The number of ether oxygens (including phenoxy) is 3. The average molecular weight is 450 g/mol. The van der Waals surface area contributed by atoms with Crippen LogP contribution in [0.25, 0.3) is 0 Å². The summed E-state index contributed by atoms with van der Waals surface area (Å²) >= 11 is 0. The maximum Gasteiger partial charge on any atom is 0.407 e. The van der Waals surface area contributed by atoms with E-state index < -0.39 is 11.7 Å². The molecule has 1 saturated heterocycles. The van der Waals surface area contributed by atoms with E-state index in [2.05, 4.69) is 10.6 Å². The first-order valence-electron chi connectivity index (χ1n) is 10.9. The molecule has 0 atom stereocenters. The summed E-state index contributed by atoms with van der Waals surface area (Å²) in [4.78, 5) is 38.5. The Balaban J connectivity index is 1.74. The van der Waals surface area contributed by atoms with Crippen LogP contribution in [-0.2, 0) is 9.53 Å². The molecule has 9 heteroatoms. The Morgan fingerprint density at radius 3 is 2.16 bits per heavy atom. The van der Waals surface area contributed by atoms with E-state index in [0.29, 0.717) is 42.6 Å². The molecule has 1 aliphatic rings. The van der Waals surface area contributed by atoms with E-state index >= 15 is 0 Å². The van der Waals surface area contributed by atoms with E-state index in [1.54, 1.807) is 43.9 Å². The number of piperidine rings is 1. The molecule has 3 amide bonds. The summed E-state index contributed by atoms with van der Waals surface area (Å²) in [6, 6.07) is 5.28. The van der Waals surface area contributed by atoms with Crippen LogP contribution in [0, 0.1) is 5.92 Å². The maximum atomic E-state index is 13.0. The number of carbonyl (C=O) groups excluding carboxylic acids is 3. The topological polar surface area (TPSA) is 106 Å². The predicted molar refractivity (Wildman–Crippen MR) is 120 cm³/mol. The molecular formula is C23H35N3O6. The predicted octanol–water partition coefficient (Wildman–Crippen LogP) is 2.59. The molecule has 0 bridgehead atoms. The molecule has 0 aliphatic carbocycles. The van der Waals surface area contributed by atoms with Crippen molar-refractivity contribution in [3.8, 4) is 11.5 Å². The summed E-state index contributed by atoms with van der Waals surface area (Å²) in [6.07, 6.45) is 1.23. The van der Waals surface area contributed by atoms with Crippen molar-refractivity contribution < 1.29 is 28.6 Å². The first-order chi connectivity index (χ1) is 15.1. The minimum absolute atomic E-state index is 0.116. The van der Waals surface area contributed by atoms with Crippen LogP contribution in [-0.4, -0.2) is 68.8 Å². The highest BCUT2D eigenvalue weighted by Gasteiger charge is 2.28. The van der Waals surface area contributed by atoms with Crippen LogP contribution in [0.15, 0.2) is 18.2 Å². The number of nitrogens with one attached hydrogen (secondary N) is 2. The molecule has 0 radical (unpaired) electrons. The second-order valence-corrected chi connectivity index (χ2v) is 8.76. The number of nitrogens with zero attached hydrogens (tertiary/aromatic N) is 1. The zero-order valence-corrected chi connectivity index (χ0v) is 19.7. The highest BCUT2D eigenvalue weighted by molar-refractivity contribution is 5.99. The van der Waals surface area contributed by atoms with Crippen molar-refractivity contribution in [3.05, 3.63) is 23.8 Å². The zero-order valence-electron chi connectivity index (χ0n) is 19.7. The molecule has 1 aromatic carbocycles. The number of amides is 3. The lowest BCUT2D eigenvalue weighted by Crippen LogP contribution is -2.42. The van der Waals surface area contributed by atoms with E-state index in [4.69, 9.17) is 14.2 Å². The minimum Gasteiger partial charge on any atom is -0.496 e. The van der Waals surface area contributed by atoms with Gasteiger partial charge in [-0.05, 0) is 51.7 Å². The van der Waals surface area contributed by atoms with Gasteiger partial charge in [-0.3, -0.25) is 9.59 Å². The van der Waals surface area contributed by atoms with Crippen molar-refractivity contribution >= 4 is 17.9 Å². The fourth-order valence-corrected chi connectivity index (χ4v) is 3.50. The number of hydrogen-bond acceptors (Lipinski definition) is 6. The molecule has 2 N–H and O–H groups in total. The van der Waals surface area contributed by atoms with Gasteiger partial charge in [-0.1, -0.05) is 6.07 Å². The highest BCUT2D eigenvalue weighted by atomic mass is 16.6. The van der Waals surface area contributed by atoms with E-state index in [-0.39, 0.29) is 24.8 Å². The first kappa shape index (κ1) is 25.3. The van der Waals surface area contributed by atoms with Gasteiger partial charge in [0.15, 0.2) is 0 Å². The lowest BCUT2D eigenvalue weighted by atomic mass is 9.96. The summed E-state index contributed by atoms with van der Waals surface area (Å²) in [5.41, 5.74) is -0.138. The number of carbonyl (C=O) groups is 3. The van der Waals surface area contributed by atoms with Crippen LogP contribution >= 0.6 is 0 Å². The van der Waals surface area contributed by atoms with E-state index in [1.807, 2.05) is 0 Å². The molecule has 0 saturated carbocycles. The second-order valence-electron chi connectivity index (χ2n) is 8.76. The van der Waals surface area contributed by atoms with Crippen molar-refractivity contribution in [2.24, 2.45) is 5.92 Å². The van der Waals surface area contributed by atoms with Crippen LogP contribution < -0.4 is 20.1 Å². The fraction of sp³-hybridized carbons (Fsp3) is 0.609. The van der Waals surface area contributed by atoms with Crippen LogP contribution in [0.5, 0.6) is 11.5 Å². The van der Waals surface area contributed by atoms with Crippen molar-refractivity contribution in [3.63, 3.8) is 0 Å². The normalized spacial score (nSPS) is 14.5. The molecular weight excluding hydrogens is 414 g/mol. The molecule has 1 aromatic rings. The summed E-state index contributed by atoms with van der Waals surface area (Å²) in [5, 5.41) is 5.49. The van der Waals surface area contributed by atoms with Crippen LogP contribution in [0.1, 0.15) is 50.4 Å². The Labute approximate surface area is 189 Å². The quantitative estimate of drug-likeness (QED) is 0.632. The Kier molecular flexibility index (Phi) is 9.16. The van der Waals surface area contributed by atoms with Crippen molar-refractivity contribution in [2.45, 2.75) is 45.6 Å². The Morgan fingerprint density at radius 1 is 1.03 bits per heavy atom. The van der Waals surface area contributed by atoms with Gasteiger partial charge in [0.25, 0.3) is 5.91 Å². The van der Waals surface area contributed by atoms with Gasteiger partial charge in [0.2, 0.25) is 5.91 Å². The van der Waals surface area contributed by atoms with Crippen molar-refractivity contribution in [2.75, 3.05) is 40.4 Å². The summed E-state index contributed by atoms with van der Waals surface area (Å²) in [5.74, 6) is 1.03. The molecule has 9 nitrogen and oxygen atoms in total.